The Morgan fingerprint density at radius 3 is 2.68 bits per heavy atom. The Balaban J connectivity index is 2.62. The van der Waals surface area contributed by atoms with E-state index in [4.69, 9.17) is 4.74 Å². The van der Waals surface area contributed by atoms with Crippen molar-refractivity contribution in [1.82, 2.24) is 15.5 Å². The van der Waals surface area contributed by atoms with E-state index in [1.165, 1.54) is 12.3 Å². The zero-order valence-electron chi connectivity index (χ0n) is 12.8. The molecular formula is C14H22N4O4. The Hall–Kier alpha value is -2.38. The number of nitrogens with one attached hydrogen (secondary N) is 3. The summed E-state index contributed by atoms with van der Waals surface area (Å²) < 4.78 is 4.89. The van der Waals surface area contributed by atoms with Gasteiger partial charge < -0.3 is 15.4 Å². The maximum Gasteiger partial charge on any atom is 0.407 e. The fourth-order valence-corrected chi connectivity index (χ4v) is 1.72. The molecule has 0 spiro atoms. The van der Waals surface area contributed by atoms with Crippen LogP contribution in [0.4, 0.5) is 10.6 Å². The number of carbonyl (C=O) groups is 3. The summed E-state index contributed by atoms with van der Waals surface area (Å²) in [5.41, 5.74) is 0. The van der Waals surface area contributed by atoms with Crippen LogP contribution in [0.1, 0.15) is 39.5 Å². The third kappa shape index (κ3) is 5.94. The first-order valence-electron chi connectivity index (χ1n) is 7.36. The van der Waals surface area contributed by atoms with Crippen molar-refractivity contribution in [3.8, 4) is 0 Å². The predicted molar refractivity (Wildman–Crippen MR) is 80.3 cm³/mol. The van der Waals surface area contributed by atoms with Crippen LogP contribution in [0.5, 0.6) is 0 Å². The molecule has 0 unspecified atom stereocenters. The molecule has 0 bridgehead atoms. The van der Waals surface area contributed by atoms with E-state index in [-0.39, 0.29) is 6.61 Å². The minimum Gasteiger partial charge on any atom is -0.450 e. The Kier molecular flexibility index (Phi) is 7.66. The van der Waals surface area contributed by atoms with Crippen LogP contribution in [0.2, 0.25) is 0 Å². The molecule has 0 saturated heterocycles. The van der Waals surface area contributed by atoms with Gasteiger partial charge in [0.2, 0.25) is 5.78 Å². The number of hydrogen-bond donors (Lipinski definition) is 3. The van der Waals surface area contributed by atoms with E-state index >= 15 is 0 Å². The van der Waals surface area contributed by atoms with Gasteiger partial charge >= 0.3 is 6.09 Å². The van der Waals surface area contributed by atoms with Crippen LogP contribution in [-0.2, 0) is 14.3 Å². The Labute approximate surface area is 129 Å². The van der Waals surface area contributed by atoms with Gasteiger partial charge in [-0.25, -0.2) is 4.79 Å². The number of hydrogen-bond acceptors (Lipinski definition) is 5. The van der Waals surface area contributed by atoms with Crippen LogP contribution < -0.4 is 10.6 Å². The summed E-state index contributed by atoms with van der Waals surface area (Å²) in [6, 6.07) is 0.627. The summed E-state index contributed by atoms with van der Waals surface area (Å²) in [5.74, 6) is -1.20. The lowest BCUT2D eigenvalue weighted by Crippen LogP contribution is -2.45. The second kappa shape index (κ2) is 9.54. The summed E-state index contributed by atoms with van der Waals surface area (Å²) in [6.07, 6.45) is 3.38. The molecule has 8 nitrogen and oxygen atoms in total. The van der Waals surface area contributed by atoms with Crippen molar-refractivity contribution in [2.24, 2.45) is 0 Å². The average Bonchev–Trinajstić information content (AvgIpc) is 3.01. The summed E-state index contributed by atoms with van der Waals surface area (Å²) >= 11 is 0. The zero-order chi connectivity index (χ0) is 16.4. The molecule has 8 heteroatoms. The lowest BCUT2D eigenvalue weighted by Gasteiger charge is -2.16. The van der Waals surface area contributed by atoms with Crippen molar-refractivity contribution in [2.45, 2.75) is 45.6 Å². The van der Waals surface area contributed by atoms with Crippen molar-refractivity contribution < 1.29 is 19.1 Å². The number of aromatic nitrogens is 2. The van der Waals surface area contributed by atoms with E-state index in [1.54, 1.807) is 0 Å². The van der Waals surface area contributed by atoms with Crippen molar-refractivity contribution in [3.63, 3.8) is 0 Å². The monoisotopic (exact) mass is 310 g/mol. The minimum absolute atomic E-state index is 0.265. The molecule has 0 aliphatic carbocycles. The molecule has 0 saturated carbocycles. The highest BCUT2D eigenvalue weighted by Crippen LogP contribution is 2.05. The molecule has 22 heavy (non-hydrogen) atoms. The van der Waals surface area contributed by atoms with Gasteiger partial charge in [-0.2, -0.15) is 5.10 Å². The number of anilines is 1. The average molecular weight is 310 g/mol. The van der Waals surface area contributed by atoms with Crippen LogP contribution >= 0.6 is 0 Å². The van der Waals surface area contributed by atoms with Gasteiger partial charge in [-0.05, 0) is 12.8 Å². The summed E-state index contributed by atoms with van der Waals surface area (Å²) in [5, 5.41) is 11.0. The highest BCUT2D eigenvalue weighted by Gasteiger charge is 2.27. The van der Waals surface area contributed by atoms with E-state index in [1.807, 2.05) is 13.8 Å². The summed E-state index contributed by atoms with van der Waals surface area (Å²) in [7, 11) is 0. The predicted octanol–water partition coefficient (Wildman–Crippen LogP) is 1.61. The number of carbonyl (C=O) groups excluding carboxylic acids is 3. The molecule has 1 atom stereocenters. The quantitative estimate of drug-likeness (QED) is 0.600. The highest BCUT2D eigenvalue weighted by atomic mass is 16.5. The van der Waals surface area contributed by atoms with E-state index < -0.39 is 23.8 Å². The molecule has 0 radical (unpaired) electrons. The molecule has 0 aliphatic heterocycles. The van der Waals surface area contributed by atoms with Crippen molar-refractivity contribution >= 4 is 23.6 Å². The first-order valence-corrected chi connectivity index (χ1v) is 7.36. The van der Waals surface area contributed by atoms with E-state index in [0.717, 1.165) is 6.42 Å². The van der Waals surface area contributed by atoms with Gasteiger partial charge in [-0.1, -0.05) is 26.7 Å². The van der Waals surface area contributed by atoms with Crippen LogP contribution in [0.3, 0.4) is 0 Å². The number of H-pyrrole nitrogens is 1. The second-order valence-corrected chi connectivity index (χ2v) is 4.76. The first-order chi connectivity index (χ1) is 10.6. The third-order valence-corrected chi connectivity index (χ3v) is 2.86. The van der Waals surface area contributed by atoms with Gasteiger partial charge in [0.15, 0.2) is 0 Å². The molecule has 1 aromatic rings. The van der Waals surface area contributed by atoms with Crippen LogP contribution in [0, 0.1) is 0 Å². The van der Waals surface area contributed by atoms with E-state index in [2.05, 4.69) is 20.8 Å². The van der Waals surface area contributed by atoms with Gasteiger partial charge in [0.1, 0.15) is 11.9 Å². The number of ketones is 1. The van der Waals surface area contributed by atoms with Gasteiger partial charge in [0.05, 0.1) is 12.8 Å². The lowest BCUT2D eigenvalue weighted by molar-refractivity contribution is -0.136. The molecule has 2 amide bonds. The van der Waals surface area contributed by atoms with Crippen LogP contribution in [-0.4, -0.2) is 40.6 Å². The van der Waals surface area contributed by atoms with Gasteiger partial charge in [0, 0.05) is 6.07 Å². The zero-order valence-corrected chi connectivity index (χ0v) is 12.8. The van der Waals surface area contributed by atoms with E-state index in [0.29, 0.717) is 25.1 Å². The number of ether oxygens (including phenoxy) is 1. The number of rotatable bonds is 9. The number of unbranched alkanes of at least 4 members (excludes halogenated alkanes) is 1. The fraction of sp³-hybridized carbons (Fsp3) is 0.571. The number of nitrogens with zero attached hydrogens (tertiary/aromatic N) is 1. The number of amides is 2. The van der Waals surface area contributed by atoms with Crippen molar-refractivity contribution in [2.75, 3.05) is 11.9 Å². The molecule has 1 aromatic heterocycles. The SMILES string of the molecule is CCCC[C@H](NC(=O)OCCC)C(=O)C(=O)Nc1ccn[nH]1. The smallest absolute Gasteiger partial charge is 0.407 e. The van der Waals surface area contributed by atoms with Gasteiger partial charge in [0.25, 0.3) is 5.91 Å². The molecule has 0 aromatic carbocycles. The number of aromatic amines is 1. The molecule has 0 aliphatic rings. The molecular weight excluding hydrogens is 288 g/mol. The molecule has 1 rings (SSSR count). The summed E-state index contributed by atoms with van der Waals surface area (Å²) in [4.78, 5) is 35.7. The molecule has 122 valence electrons. The van der Waals surface area contributed by atoms with Crippen molar-refractivity contribution in [1.29, 1.82) is 0 Å². The second-order valence-electron chi connectivity index (χ2n) is 4.76. The third-order valence-electron chi connectivity index (χ3n) is 2.86. The van der Waals surface area contributed by atoms with Gasteiger partial charge in [-0.15, -0.1) is 0 Å². The Morgan fingerprint density at radius 2 is 2.09 bits per heavy atom. The minimum atomic E-state index is -0.896. The van der Waals surface area contributed by atoms with Crippen LogP contribution in [0.15, 0.2) is 12.3 Å². The topological polar surface area (TPSA) is 113 Å². The largest absolute Gasteiger partial charge is 0.450 e. The van der Waals surface area contributed by atoms with E-state index in [9.17, 15) is 14.4 Å². The van der Waals surface area contributed by atoms with Crippen LogP contribution in [0.25, 0.3) is 0 Å². The Bertz CT molecular complexity index is 487. The standard InChI is InChI=1S/C14H22N4O4/c1-3-5-6-10(16-14(21)22-9-4-2)12(19)13(20)17-11-7-8-15-18-11/h7-8,10H,3-6,9H2,1-2H3,(H,16,21)(H2,15,17,18,20)/t10-/m0/s1. The fourth-order valence-electron chi connectivity index (χ4n) is 1.72. The number of Topliss-reactive ketones (excluding diaryl/α,β-unsaturated/α-hetero) is 1. The summed E-state index contributed by atoms with van der Waals surface area (Å²) in [6.45, 7) is 4.09. The number of alkyl carbamates (subject to hydrolysis) is 1. The van der Waals surface area contributed by atoms with Gasteiger partial charge in [-0.3, -0.25) is 14.7 Å². The van der Waals surface area contributed by atoms with Crippen molar-refractivity contribution in [3.05, 3.63) is 12.3 Å². The first kappa shape index (κ1) is 17.7. The molecule has 1 heterocycles. The normalized spacial score (nSPS) is 11.5. The lowest BCUT2D eigenvalue weighted by atomic mass is 10.1. The Morgan fingerprint density at radius 1 is 1.32 bits per heavy atom. The molecule has 0 fully saturated rings. The highest BCUT2D eigenvalue weighted by molar-refractivity contribution is 6.42. The maximum atomic E-state index is 12.2. The maximum absolute atomic E-state index is 12.2. The molecule has 3 N–H and O–H groups in total.